The van der Waals surface area contributed by atoms with Crippen molar-refractivity contribution in [3.05, 3.63) is 0 Å². The maximum Gasteiger partial charge on any atom is 0.191 e. The average molecular weight is 239 g/mol. The van der Waals surface area contributed by atoms with Crippen LogP contribution in [0.3, 0.4) is 0 Å². The van der Waals surface area contributed by atoms with Gasteiger partial charge in [-0.2, -0.15) is 0 Å². The Balaban J connectivity index is 2.03. The van der Waals surface area contributed by atoms with Crippen molar-refractivity contribution in [2.45, 2.75) is 57.7 Å². The van der Waals surface area contributed by atoms with Gasteiger partial charge in [0.1, 0.15) is 0 Å². The third-order valence-electron chi connectivity index (χ3n) is 4.97. The van der Waals surface area contributed by atoms with Crippen molar-refractivity contribution in [2.75, 3.05) is 14.2 Å². The van der Waals surface area contributed by atoms with Crippen LogP contribution in [-0.2, 0) is 4.74 Å². The summed E-state index contributed by atoms with van der Waals surface area (Å²) in [5.74, 6) is 0.684. The van der Waals surface area contributed by atoms with Gasteiger partial charge in [-0.05, 0) is 26.2 Å². The minimum Gasteiger partial charge on any atom is -0.378 e. The van der Waals surface area contributed by atoms with Gasteiger partial charge in [-0.25, -0.2) is 4.99 Å². The van der Waals surface area contributed by atoms with Crippen molar-refractivity contribution in [3.63, 3.8) is 0 Å². The van der Waals surface area contributed by atoms with Crippen molar-refractivity contribution >= 4 is 5.96 Å². The van der Waals surface area contributed by atoms with E-state index in [1.807, 2.05) is 7.05 Å². The van der Waals surface area contributed by atoms with Crippen LogP contribution < -0.4 is 5.73 Å². The Labute approximate surface area is 104 Å². The van der Waals surface area contributed by atoms with Crippen molar-refractivity contribution in [1.82, 2.24) is 4.90 Å². The van der Waals surface area contributed by atoms with Gasteiger partial charge in [0, 0.05) is 25.6 Å². The van der Waals surface area contributed by atoms with Crippen molar-refractivity contribution in [2.24, 2.45) is 16.1 Å². The van der Waals surface area contributed by atoms with E-state index in [0.717, 1.165) is 6.42 Å². The highest BCUT2D eigenvalue weighted by Gasteiger charge is 2.58. The zero-order valence-electron chi connectivity index (χ0n) is 11.7. The molecule has 0 aromatic rings. The Bertz CT molecular complexity index is 336. The highest BCUT2D eigenvalue weighted by Crippen LogP contribution is 2.53. The van der Waals surface area contributed by atoms with Crippen molar-refractivity contribution < 1.29 is 4.74 Å². The van der Waals surface area contributed by atoms with E-state index in [1.54, 1.807) is 7.11 Å². The molecule has 2 fully saturated rings. The minimum atomic E-state index is -0.0698. The molecule has 0 radical (unpaired) electrons. The van der Waals surface area contributed by atoms with E-state index >= 15 is 0 Å². The predicted molar refractivity (Wildman–Crippen MR) is 70.0 cm³/mol. The molecule has 2 N–H and O–H groups in total. The molecule has 2 atom stereocenters. The number of hydrogen-bond acceptors (Lipinski definition) is 2. The SMILES string of the molecule is COC1(C)CC(N=C(N)N(C)C2CC2)C1(C)C. The van der Waals surface area contributed by atoms with Gasteiger partial charge in [0.05, 0.1) is 11.6 Å². The zero-order chi connectivity index (χ0) is 12.8. The van der Waals surface area contributed by atoms with E-state index < -0.39 is 0 Å². The number of aliphatic imine (C=N–C) groups is 1. The van der Waals surface area contributed by atoms with E-state index in [9.17, 15) is 0 Å². The largest absolute Gasteiger partial charge is 0.378 e. The summed E-state index contributed by atoms with van der Waals surface area (Å²) in [7, 11) is 3.82. The molecule has 17 heavy (non-hydrogen) atoms. The number of guanidine groups is 1. The van der Waals surface area contributed by atoms with Gasteiger partial charge < -0.3 is 15.4 Å². The molecule has 0 bridgehead atoms. The summed E-state index contributed by atoms with van der Waals surface area (Å²) >= 11 is 0. The van der Waals surface area contributed by atoms with Gasteiger partial charge in [0.25, 0.3) is 0 Å². The van der Waals surface area contributed by atoms with Gasteiger partial charge >= 0.3 is 0 Å². The summed E-state index contributed by atoms with van der Waals surface area (Å²) in [6, 6.07) is 0.893. The molecule has 2 aliphatic rings. The minimum absolute atomic E-state index is 0.0523. The molecule has 0 heterocycles. The Morgan fingerprint density at radius 1 is 1.35 bits per heavy atom. The molecular formula is C13H25N3O. The Morgan fingerprint density at radius 2 is 1.94 bits per heavy atom. The Kier molecular flexibility index (Phi) is 2.89. The lowest BCUT2D eigenvalue weighted by atomic mass is 9.56. The molecule has 0 spiro atoms. The van der Waals surface area contributed by atoms with E-state index in [2.05, 4.69) is 30.7 Å². The van der Waals surface area contributed by atoms with Gasteiger partial charge in [0.2, 0.25) is 0 Å². The van der Waals surface area contributed by atoms with Gasteiger partial charge in [-0.3, -0.25) is 0 Å². The van der Waals surface area contributed by atoms with Crippen LogP contribution in [0.2, 0.25) is 0 Å². The molecule has 0 saturated heterocycles. The van der Waals surface area contributed by atoms with E-state index in [4.69, 9.17) is 10.5 Å². The lowest BCUT2D eigenvalue weighted by Gasteiger charge is -2.57. The normalized spacial score (nSPS) is 36.5. The van der Waals surface area contributed by atoms with Gasteiger partial charge in [0.15, 0.2) is 5.96 Å². The Morgan fingerprint density at radius 3 is 2.35 bits per heavy atom. The van der Waals surface area contributed by atoms with Crippen LogP contribution in [0.15, 0.2) is 4.99 Å². The third-order valence-corrected chi connectivity index (χ3v) is 4.97. The van der Waals surface area contributed by atoms with Gasteiger partial charge in [-0.15, -0.1) is 0 Å². The van der Waals surface area contributed by atoms with Crippen molar-refractivity contribution in [3.8, 4) is 0 Å². The summed E-state index contributed by atoms with van der Waals surface area (Å²) in [5, 5.41) is 0. The van der Waals surface area contributed by atoms with E-state index in [-0.39, 0.29) is 17.1 Å². The first-order valence-electron chi connectivity index (χ1n) is 6.43. The molecule has 2 aliphatic carbocycles. The number of nitrogens with zero attached hydrogens (tertiary/aromatic N) is 2. The second-order valence-electron chi connectivity index (χ2n) is 6.21. The molecule has 98 valence electrons. The number of hydrogen-bond donors (Lipinski definition) is 1. The number of methoxy groups -OCH3 is 1. The predicted octanol–water partition coefficient (Wildman–Crippen LogP) is 1.60. The quantitative estimate of drug-likeness (QED) is 0.601. The first-order valence-corrected chi connectivity index (χ1v) is 6.43. The van der Waals surface area contributed by atoms with Gasteiger partial charge in [-0.1, -0.05) is 13.8 Å². The molecule has 0 aromatic carbocycles. The topological polar surface area (TPSA) is 50.9 Å². The molecule has 4 heteroatoms. The molecule has 0 aromatic heterocycles. The summed E-state index contributed by atoms with van der Waals surface area (Å²) in [6.07, 6.45) is 3.45. The average Bonchev–Trinajstić information content (AvgIpc) is 3.10. The number of ether oxygens (including phenoxy) is 1. The molecule has 4 nitrogen and oxygen atoms in total. The second-order valence-corrected chi connectivity index (χ2v) is 6.21. The lowest BCUT2D eigenvalue weighted by molar-refractivity contribution is -0.171. The van der Waals surface area contributed by atoms with Crippen LogP contribution in [0.25, 0.3) is 0 Å². The first-order chi connectivity index (χ1) is 7.82. The maximum atomic E-state index is 6.05. The van der Waals surface area contributed by atoms with Crippen LogP contribution in [-0.4, -0.2) is 42.7 Å². The van der Waals surface area contributed by atoms with Crippen molar-refractivity contribution in [1.29, 1.82) is 0 Å². The van der Waals surface area contributed by atoms with E-state index in [0.29, 0.717) is 12.0 Å². The number of rotatable bonds is 3. The fourth-order valence-electron chi connectivity index (χ4n) is 2.56. The molecule has 0 amide bonds. The third kappa shape index (κ3) is 1.92. The standard InChI is InChI=1S/C13H25N3O/c1-12(2)10(8-13(12,3)17-5)15-11(14)16(4)9-6-7-9/h9-10H,6-8H2,1-5H3,(H2,14,15). The highest BCUT2D eigenvalue weighted by molar-refractivity contribution is 5.78. The molecular weight excluding hydrogens is 214 g/mol. The van der Waals surface area contributed by atoms with Crippen LogP contribution >= 0.6 is 0 Å². The summed E-state index contributed by atoms with van der Waals surface area (Å²) in [5.41, 5.74) is 6.04. The second kappa shape index (κ2) is 3.87. The monoisotopic (exact) mass is 239 g/mol. The van der Waals surface area contributed by atoms with Crippen LogP contribution in [0.1, 0.15) is 40.0 Å². The Hall–Kier alpha value is -0.770. The summed E-state index contributed by atoms with van der Waals surface area (Å²) < 4.78 is 5.60. The highest BCUT2D eigenvalue weighted by atomic mass is 16.5. The molecule has 0 aliphatic heterocycles. The molecule has 2 rings (SSSR count). The van der Waals surface area contributed by atoms with E-state index in [1.165, 1.54) is 12.8 Å². The fourth-order valence-corrected chi connectivity index (χ4v) is 2.56. The summed E-state index contributed by atoms with van der Waals surface area (Å²) in [6.45, 7) is 6.57. The van der Waals surface area contributed by atoms with Crippen LogP contribution in [0.5, 0.6) is 0 Å². The fraction of sp³-hybridized carbons (Fsp3) is 0.923. The lowest BCUT2D eigenvalue weighted by Crippen LogP contribution is -2.63. The number of nitrogens with two attached hydrogens (primary N) is 1. The summed E-state index contributed by atoms with van der Waals surface area (Å²) in [4.78, 5) is 6.79. The zero-order valence-corrected chi connectivity index (χ0v) is 11.7. The first kappa shape index (κ1) is 12.7. The maximum absolute atomic E-state index is 6.05. The molecule has 2 unspecified atom stereocenters. The van der Waals surface area contributed by atoms with Crippen LogP contribution in [0, 0.1) is 5.41 Å². The van der Waals surface area contributed by atoms with Crippen LogP contribution in [0.4, 0.5) is 0 Å². The molecule has 2 saturated carbocycles. The smallest absolute Gasteiger partial charge is 0.191 e.